The van der Waals surface area contributed by atoms with Gasteiger partial charge >= 0.3 is 5.97 Å². The highest BCUT2D eigenvalue weighted by Crippen LogP contribution is 1.94. The molecular weight excluding hydrogens is 158 g/mol. The van der Waals surface area contributed by atoms with Crippen LogP contribution in [0.3, 0.4) is 0 Å². The van der Waals surface area contributed by atoms with Crippen LogP contribution in [0.2, 0.25) is 0 Å². The van der Waals surface area contributed by atoms with Gasteiger partial charge in [-0.1, -0.05) is 6.58 Å². The van der Waals surface area contributed by atoms with Crippen LogP contribution in [0.15, 0.2) is 12.2 Å². The summed E-state index contributed by atoms with van der Waals surface area (Å²) < 4.78 is 4.85. The standard InChI is InChI=1S/C8H15NO3/c1-6(2)8(11)12-7(3)9-4-5-10/h7,9-10H,1,4-5H2,2-3H3. The number of ether oxygens (including phenoxy) is 1. The number of esters is 1. The minimum atomic E-state index is -0.423. The average Bonchev–Trinajstić information content (AvgIpc) is 2.00. The van der Waals surface area contributed by atoms with E-state index in [0.717, 1.165) is 0 Å². The summed E-state index contributed by atoms with van der Waals surface area (Å²) in [6.45, 7) is 7.14. The van der Waals surface area contributed by atoms with Gasteiger partial charge in [0.2, 0.25) is 0 Å². The maximum absolute atomic E-state index is 10.9. The van der Waals surface area contributed by atoms with Crippen LogP contribution in [0.1, 0.15) is 13.8 Å². The topological polar surface area (TPSA) is 58.6 Å². The fourth-order valence-electron chi connectivity index (χ4n) is 0.571. The summed E-state index contributed by atoms with van der Waals surface area (Å²) in [5.74, 6) is -0.423. The molecule has 4 nitrogen and oxygen atoms in total. The average molecular weight is 173 g/mol. The fourth-order valence-corrected chi connectivity index (χ4v) is 0.571. The van der Waals surface area contributed by atoms with Gasteiger partial charge in [-0.3, -0.25) is 5.32 Å². The summed E-state index contributed by atoms with van der Waals surface area (Å²) in [5, 5.41) is 11.2. The number of carbonyl (C=O) groups excluding carboxylic acids is 1. The van der Waals surface area contributed by atoms with E-state index in [9.17, 15) is 4.79 Å². The third-order valence-electron chi connectivity index (χ3n) is 1.18. The molecule has 70 valence electrons. The smallest absolute Gasteiger partial charge is 0.334 e. The predicted octanol–water partition coefficient (Wildman–Crippen LogP) is 0.0336. The number of aliphatic hydroxyl groups excluding tert-OH is 1. The number of aliphatic hydroxyl groups is 1. The second kappa shape index (κ2) is 5.74. The Morgan fingerprint density at radius 3 is 2.75 bits per heavy atom. The van der Waals surface area contributed by atoms with Crippen LogP contribution in [-0.4, -0.2) is 30.5 Å². The number of carbonyl (C=O) groups is 1. The normalized spacial score (nSPS) is 12.2. The molecule has 0 heterocycles. The van der Waals surface area contributed by atoms with Crippen LogP contribution in [0.5, 0.6) is 0 Å². The van der Waals surface area contributed by atoms with Gasteiger partial charge in [0, 0.05) is 12.1 Å². The van der Waals surface area contributed by atoms with Crippen LogP contribution >= 0.6 is 0 Å². The molecule has 0 saturated heterocycles. The van der Waals surface area contributed by atoms with E-state index in [0.29, 0.717) is 12.1 Å². The Bertz CT molecular complexity index is 168. The molecule has 0 aliphatic rings. The molecule has 4 heteroatoms. The first-order valence-electron chi connectivity index (χ1n) is 3.78. The molecular formula is C8H15NO3. The number of rotatable bonds is 5. The van der Waals surface area contributed by atoms with E-state index in [1.807, 2.05) is 0 Å². The quantitative estimate of drug-likeness (QED) is 0.350. The van der Waals surface area contributed by atoms with Crippen molar-refractivity contribution in [3.63, 3.8) is 0 Å². The first-order valence-corrected chi connectivity index (χ1v) is 3.78. The maximum atomic E-state index is 10.9. The molecule has 1 unspecified atom stereocenters. The largest absolute Gasteiger partial charge is 0.444 e. The minimum absolute atomic E-state index is 0.0228. The molecule has 0 aliphatic carbocycles. The summed E-state index contributed by atoms with van der Waals surface area (Å²) in [6, 6.07) is 0. The Morgan fingerprint density at radius 1 is 1.75 bits per heavy atom. The molecule has 0 fully saturated rings. The van der Waals surface area contributed by atoms with Crippen molar-refractivity contribution in [2.75, 3.05) is 13.2 Å². The molecule has 0 aromatic carbocycles. The second-order valence-electron chi connectivity index (χ2n) is 2.51. The van der Waals surface area contributed by atoms with Gasteiger partial charge in [0.05, 0.1) is 6.61 Å². The highest BCUT2D eigenvalue weighted by molar-refractivity contribution is 5.87. The van der Waals surface area contributed by atoms with Crippen LogP contribution in [0, 0.1) is 0 Å². The minimum Gasteiger partial charge on any atom is -0.444 e. The van der Waals surface area contributed by atoms with Crippen molar-refractivity contribution in [1.82, 2.24) is 5.32 Å². The molecule has 0 aliphatic heterocycles. The molecule has 0 spiro atoms. The summed E-state index contributed by atoms with van der Waals surface area (Å²) >= 11 is 0. The van der Waals surface area contributed by atoms with Crippen molar-refractivity contribution in [3.8, 4) is 0 Å². The highest BCUT2D eigenvalue weighted by Gasteiger charge is 2.07. The summed E-state index contributed by atoms with van der Waals surface area (Å²) in [4.78, 5) is 10.9. The first kappa shape index (κ1) is 11.1. The molecule has 0 amide bonds. The predicted molar refractivity (Wildman–Crippen MR) is 45.5 cm³/mol. The van der Waals surface area contributed by atoms with E-state index < -0.39 is 5.97 Å². The molecule has 0 saturated carbocycles. The van der Waals surface area contributed by atoms with E-state index in [4.69, 9.17) is 9.84 Å². The van der Waals surface area contributed by atoms with E-state index >= 15 is 0 Å². The molecule has 1 atom stereocenters. The van der Waals surface area contributed by atoms with Gasteiger partial charge in [-0.05, 0) is 13.8 Å². The SMILES string of the molecule is C=C(C)C(=O)OC(C)NCCO. The molecule has 0 radical (unpaired) electrons. The molecule has 12 heavy (non-hydrogen) atoms. The zero-order chi connectivity index (χ0) is 9.56. The number of hydrogen-bond acceptors (Lipinski definition) is 4. The van der Waals surface area contributed by atoms with Gasteiger partial charge < -0.3 is 9.84 Å². The maximum Gasteiger partial charge on any atom is 0.334 e. The van der Waals surface area contributed by atoms with Gasteiger partial charge in [-0.2, -0.15) is 0 Å². The van der Waals surface area contributed by atoms with Crippen LogP contribution in [0.25, 0.3) is 0 Å². The summed E-state index contributed by atoms with van der Waals surface area (Å²) in [5.41, 5.74) is 0.368. The Kier molecular flexibility index (Phi) is 5.32. The van der Waals surface area contributed by atoms with Crippen LogP contribution in [-0.2, 0) is 9.53 Å². The highest BCUT2D eigenvalue weighted by atomic mass is 16.6. The van der Waals surface area contributed by atoms with Gasteiger partial charge in [-0.25, -0.2) is 4.79 Å². The van der Waals surface area contributed by atoms with Crippen LogP contribution in [0.4, 0.5) is 0 Å². The Hall–Kier alpha value is -0.870. The van der Waals surface area contributed by atoms with Crippen molar-refractivity contribution in [2.24, 2.45) is 0 Å². The lowest BCUT2D eigenvalue weighted by molar-refractivity contribution is -0.144. The molecule has 2 N–H and O–H groups in total. The van der Waals surface area contributed by atoms with Gasteiger partial charge in [0.25, 0.3) is 0 Å². The van der Waals surface area contributed by atoms with E-state index in [2.05, 4.69) is 11.9 Å². The van der Waals surface area contributed by atoms with E-state index in [-0.39, 0.29) is 12.8 Å². The lowest BCUT2D eigenvalue weighted by atomic mass is 10.4. The van der Waals surface area contributed by atoms with Crippen molar-refractivity contribution in [2.45, 2.75) is 20.1 Å². The zero-order valence-electron chi connectivity index (χ0n) is 7.46. The van der Waals surface area contributed by atoms with E-state index in [1.165, 1.54) is 0 Å². The van der Waals surface area contributed by atoms with Crippen molar-refractivity contribution < 1.29 is 14.6 Å². The molecule has 0 aromatic heterocycles. The number of hydrogen-bond donors (Lipinski definition) is 2. The van der Waals surface area contributed by atoms with Crippen molar-refractivity contribution in [1.29, 1.82) is 0 Å². The van der Waals surface area contributed by atoms with Crippen LogP contribution < -0.4 is 5.32 Å². The van der Waals surface area contributed by atoms with Crippen molar-refractivity contribution >= 4 is 5.97 Å². The molecule has 0 bridgehead atoms. The Labute approximate surface area is 72.2 Å². The molecule has 0 rings (SSSR count). The monoisotopic (exact) mass is 173 g/mol. The lowest BCUT2D eigenvalue weighted by Crippen LogP contribution is -2.33. The van der Waals surface area contributed by atoms with Gasteiger partial charge in [-0.15, -0.1) is 0 Å². The summed E-state index contributed by atoms with van der Waals surface area (Å²) in [7, 11) is 0. The number of nitrogens with one attached hydrogen (secondary N) is 1. The lowest BCUT2D eigenvalue weighted by Gasteiger charge is -2.13. The Balaban J connectivity index is 3.61. The third kappa shape index (κ3) is 4.87. The summed E-state index contributed by atoms with van der Waals surface area (Å²) in [6.07, 6.45) is -0.388. The fraction of sp³-hybridized carbons (Fsp3) is 0.625. The van der Waals surface area contributed by atoms with Crippen molar-refractivity contribution in [3.05, 3.63) is 12.2 Å². The third-order valence-corrected chi connectivity index (χ3v) is 1.18. The zero-order valence-corrected chi connectivity index (χ0v) is 7.46. The molecule has 0 aromatic rings. The second-order valence-corrected chi connectivity index (χ2v) is 2.51. The van der Waals surface area contributed by atoms with Gasteiger partial charge in [0.15, 0.2) is 6.23 Å². The first-order chi connectivity index (χ1) is 5.57. The Morgan fingerprint density at radius 2 is 2.33 bits per heavy atom. The van der Waals surface area contributed by atoms with E-state index in [1.54, 1.807) is 13.8 Å². The van der Waals surface area contributed by atoms with Gasteiger partial charge in [0.1, 0.15) is 0 Å².